The van der Waals surface area contributed by atoms with Gasteiger partial charge in [-0.05, 0) is 24.5 Å². The third-order valence-electron chi connectivity index (χ3n) is 3.02. The third kappa shape index (κ3) is 3.45. The molecule has 1 aliphatic carbocycles. The zero-order chi connectivity index (χ0) is 13.0. The van der Waals surface area contributed by atoms with Crippen molar-refractivity contribution in [3.05, 3.63) is 59.4 Å². The molecule has 1 aliphatic rings. The van der Waals surface area contributed by atoms with Crippen molar-refractivity contribution in [3.63, 3.8) is 0 Å². The molecule has 2 rings (SSSR count). The van der Waals surface area contributed by atoms with Crippen LogP contribution in [0.1, 0.15) is 18.4 Å². The maximum absolute atomic E-state index is 9.70. The molecule has 0 aromatic heterocycles. The highest BCUT2D eigenvalue weighted by Gasteiger charge is 2.26. The van der Waals surface area contributed by atoms with Crippen molar-refractivity contribution in [2.45, 2.75) is 25.0 Å². The summed E-state index contributed by atoms with van der Waals surface area (Å²) in [5.74, 6) is -1.28. The van der Waals surface area contributed by atoms with Crippen LogP contribution in [0.15, 0.2) is 53.8 Å². The van der Waals surface area contributed by atoms with Gasteiger partial charge in [-0.1, -0.05) is 35.9 Å². The van der Waals surface area contributed by atoms with Gasteiger partial charge >= 0.3 is 0 Å². The topological polar surface area (TPSA) is 49.7 Å². The summed E-state index contributed by atoms with van der Waals surface area (Å²) in [6.45, 7) is 0. The van der Waals surface area contributed by atoms with Gasteiger partial charge < -0.3 is 14.9 Å². The molecule has 0 heterocycles. The lowest BCUT2D eigenvalue weighted by Crippen LogP contribution is -2.28. The summed E-state index contributed by atoms with van der Waals surface area (Å²) in [5, 5.41) is 19.4. The van der Waals surface area contributed by atoms with Gasteiger partial charge in [-0.2, -0.15) is 0 Å². The number of hydrogen-bond donors (Lipinski definition) is 2. The zero-order valence-corrected chi connectivity index (χ0v) is 10.5. The Bertz CT molecular complexity index is 458. The highest BCUT2D eigenvalue weighted by Crippen LogP contribution is 2.27. The van der Waals surface area contributed by atoms with Gasteiger partial charge in [-0.25, -0.2) is 0 Å². The van der Waals surface area contributed by atoms with Crippen molar-refractivity contribution in [1.29, 1.82) is 0 Å². The number of hydrogen-bond acceptors (Lipinski definition) is 3. The molecule has 0 saturated heterocycles. The summed E-state index contributed by atoms with van der Waals surface area (Å²) in [4.78, 5) is 0. The molecule has 96 valence electrons. The Morgan fingerprint density at radius 2 is 1.89 bits per heavy atom. The lowest BCUT2D eigenvalue weighted by Gasteiger charge is -2.24. The minimum Gasteiger partial charge on any atom is -0.497 e. The standard InChI is InChI=1S/C15H18O3/c1-18-14-9-13(10-15(16,17)11-14)8-7-12-5-3-2-4-6-12/h2-6,9,11,16-17H,7-8,10H2,1H3. The molecular formula is C15H18O3. The van der Waals surface area contributed by atoms with E-state index < -0.39 is 5.79 Å². The Hall–Kier alpha value is -1.58. The number of methoxy groups -OCH3 is 1. The van der Waals surface area contributed by atoms with Gasteiger partial charge in [0, 0.05) is 12.5 Å². The predicted molar refractivity (Wildman–Crippen MR) is 69.7 cm³/mol. The van der Waals surface area contributed by atoms with E-state index in [2.05, 4.69) is 12.1 Å². The Morgan fingerprint density at radius 3 is 2.56 bits per heavy atom. The molecule has 0 fully saturated rings. The van der Waals surface area contributed by atoms with Crippen LogP contribution in [0.25, 0.3) is 0 Å². The minimum absolute atomic E-state index is 0.243. The quantitative estimate of drug-likeness (QED) is 0.800. The van der Waals surface area contributed by atoms with Crippen molar-refractivity contribution in [2.75, 3.05) is 7.11 Å². The largest absolute Gasteiger partial charge is 0.497 e. The lowest BCUT2D eigenvalue weighted by atomic mass is 9.93. The van der Waals surface area contributed by atoms with Crippen LogP contribution in [0.2, 0.25) is 0 Å². The first-order valence-electron chi connectivity index (χ1n) is 6.04. The molecule has 0 amide bonds. The highest BCUT2D eigenvalue weighted by molar-refractivity contribution is 5.29. The molecule has 0 bridgehead atoms. The van der Waals surface area contributed by atoms with Gasteiger partial charge in [0.15, 0.2) is 5.79 Å². The van der Waals surface area contributed by atoms with Crippen molar-refractivity contribution in [2.24, 2.45) is 0 Å². The average molecular weight is 246 g/mol. The summed E-state index contributed by atoms with van der Waals surface area (Å²) >= 11 is 0. The van der Waals surface area contributed by atoms with Crippen LogP contribution in [0.4, 0.5) is 0 Å². The summed E-state index contributed by atoms with van der Waals surface area (Å²) in [7, 11) is 1.53. The summed E-state index contributed by atoms with van der Waals surface area (Å²) in [6, 6.07) is 10.1. The fourth-order valence-electron chi connectivity index (χ4n) is 2.13. The average Bonchev–Trinajstić information content (AvgIpc) is 2.36. The number of allylic oxidation sites excluding steroid dienone is 1. The first-order chi connectivity index (χ1) is 8.59. The first kappa shape index (κ1) is 12.9. The van der Waals surface area contributed by atoms with Crippen LogP contribution >= 0.6 is 0 Å². The summed E-state index contributed by atoms with van der Waals surface area (Å²) in [6.07, 6.45) is 5.15. The van der Waals surface area contributed by atoms with E-state index >= 15 is 0 Å². The smallest absolute Gasteiger partial charge is 0.190 e. The second kappa shape index (κ2) is 5.38. The van der Waals surface area contributed by atoms with E-state index in [-0.39, 0.29) is 6.42 Å². The molecule has 3 nitrogen and oxygen atoms in total. The molecule has 0 saturated carbocycles. The van der Waals surface area contributed by atoms with Crippen LogP contribution in [0, 0.1) is 0 Å². The van der Waals surface area contributed by atoms with Gasteiger partial charge in [-0.15, -0.1) is 0 Å². The van der Waals surface area contributed by atoms with E-state index in [0.717, 1.165) is 18.4 Å². The molecule has 0 radical (unpaired) electrons. The van der Waals surface area contributed by atoms with Gasteiger partial charge in [-0.3, -0.25) is 0 Å². The van der Waals surface area contributed by atoms with E-state index in [4.69, 9.17) is 4.74 Å². The Kier molecular flexibility index (Phi) is 3.84. The molecule has 1 aromatic carbocycles. The van der Waals surface area contributed by atoms with Crippen LogP contribution in [0.3, 0.4) is 0 Å². The van der Waals surface area contributed by atoms with E-state index in [9.17, 15) is 10.2 Å². The van der Waals surface area contributed by atoms with Crippen LogP contribution in [-0.2, 0) is 11.2 Å². The summed E-state index contributed by atoms with van der Waals surface area (Å²) in [5.41, 5.74) is 2.23. The van der Waals surface area contributed by atoms with Crippen molar-refractivity contribution in [3.8, 4) is 0 Å². The highest BCUT2D eigenvalue weighted by atomic mass is 16.5. The molecule has 2 N–H and O–H groups in total. The first-order valence-corrected chi connectivity index (χ1v) is 6.04. The Balaban J connectivity index is 2.02. The van der Waals surface area contributed by atoms with Crippen LogP contribution in [0.5, 0.6) is 0 Å². The molecule has 0 aliphatic heterocycles. The third-order valence-corrected chi connectivity index (χ3v) is 3.02. The van der Waals surface area contributed by atoms with Gasteiger partial charge in [0.1, 0.15) is 5.76 Å². The van der Waals surface area contributed by atoms with Gasteiger partial charge in [0.25, 0.3) is 0 Å². The molecule has 0 atom stereocenters. The number of aryl methyl sites for hydroxylation is 1. The molecule has 0 unspecified atom stereocenters. The number of rotatable bonds is 4. The fourth-order valence-corrected chi connectivity index (χ4v) is 2.13. The molecular weight excluding hydrogens is 228 g/mol. The number of aliphatic hydroxyl groups is 2. The minimum atomic E-state index is -1.79. The maximum atomic E-state index is 9.70. The second-order valence-electron chi connectivity index (χ2n) is 4.59. The van der Waals surface area contributed by atoms with Crippen LogP contribution < -0.4 is 0 Å². The summed E-state index contributed by atoms with van der Waals surface area (Å²) < 4.78 is 5.07. The van der Waals surface area contributed by atoms with Crippen LogP contribution in [-0.4, -0.2) is 23.1 Å². The van der Waals surface area contributed by atoms with Gasteiger partial charge in [0.2, 0.25) is 0 Å². The van der Waals surface area contributed by atoms with E-state index in [1.54, 1.807) is 0 Å². The van der Waals surface area contributed by atoms with E-state index in [0.29, 0.717) is 5.76 Å². The lowest BCUT2D eigenvalue weighted by molar-refractivity contribution is -0.119. The predicted octanol–water partition coefficient (Wildman–Crippen LogP) is 2.16. The van der Waals surface area contributed by atoms with Gasteiger partial charge in [0.05, 0.1) is 7.11 Å². The Morgan fingerprint density at radius 1 is 1.17 bits per heavy atom. The zero-order valence-electron chi connectivity index (χ0n) is 10.5. The monoisotopic (exact) mass is 246 g/mol. The molecule has 0 spiro atoms. The molecule has 3 heteroatoms. The normalized spacial score (nSPS) is 17.9. The number of benzene rings is 1. The number of ether oxygens (including phenoxy) is 1. The molecule has 18 heavy (non-hydrogen) atoms. The maximum Gasteiger partial charge on any atom is 0.190 e. The van der Waals surface area contributed by atoms with E-state index in [1.807, 2.05) is 24.3 Å². The Labute approximate surface area is 107 Å². The van der Waals surface area contributed by atoms with Crippen molar-refractivity contribution >= 4 is 0 Å². The van der Waals surface area contributed by atoms with Crippen molar-refractivity contribution in [1.82, 2.24) is 0 Å². The van der Waals surface area contributed by atoms with E-state index in [1.165, 1.54) is 18.7 Å². The SMILES string of the molecule is COC1=CC(O)(O)CC(CCc2ccccc2)=C1. The van der Waals surface area contributed by atoms with Crippen molar-refractivity contribution < 1.29 is 14.9 Å². The fraction of sp³-hybridized carbons (Fsp3) is 0.333. The second-order valence-corrected chi connectivity index (χ2v) is 4.59. The molecule has 1 aromatic rings.